The molecule has 4 rings (SSSR count). The van der Waals surface area contributed by atoms with E-state index >= 15 is 0 Å². The number of aryl methyl sites for hydroxylation is 1. The molecule has 14 heteroatoms. The molecule has 0 radical (unpaired) electrons. The number of rotatable bonds is 11. The first-order valence-corrected chi connectivity index (χ1v) is 13.0. The minimum absolute atomic E-state index is 0.0323. The number of hydrogen-bond acceptors (Lipinski definition) is 9. The van der Waals surface area contributed by atoms with Crippen molar-refractivity contribution in [3.8, 4) is 17.2 Å². The molecular weight excluding hydrogens is 569 g/mol. The van der Waals surface area contributed by atoms with Crippen LogP contribution in [0.2, 0.25) is 10.0 Å². The number of nitro benzene ring substituents is 1. The highest BCUT2D eigenvalue weighted by molar-refractivity contribution is 7.99. The lowest BCUT2D eigenvalue weighted by molar-refractivity contribution is -0.479. The second kappa shape index (κ2) is 12.3. The number of aromatic nitrogens is 3. The summed E-state index contributed by atoms with van der Waals surface area (Å²) in [5.74, 6) is 1.13. The topological polar surface area (TPSA) is 135 Å². The van der Waals surface area contributed by atoms with Crippen molar-refractivity contribution in [3.63, 3.8) is 0 Å². The summed E-state index contributed by atoms with van der Waals surface area (Å²) in [5, 5.41) is 31.4. The van der Waals surface area contributed by atoms with E-state index in [2.05, 4.69) is 10.2 Å². The summed E-state index contributed by atoms with van der Waals surface area (Å²) in [6.45, 7) is 1.44. The van der Waals surface area contributed by atoms with Gasteiger partial charge in [-0.25, -0.2) is 0 Å². The van der Waals surface area contributed by atoms with Crippen LogP contribution >= 0.6 is 35.0 Å². The van der Waals surface area contributed by atoms with E-state index in [0.29, 0.717) is 27.1 Å². The van der Waals surface area contributed by atoms with Crippen molar-refractivity contribution in [1.29, 1.82) is 0 Å². The van der Waals surface area contributed by atoms with Crippen molar-refractivity contribution < 1.29 is 19.3 Å². The number of thioether (sulfide) groups is 1. The van der Waals surface area contributed by atoms with Crippen LogP contribution in [0.15, 0.2) is 65.8 Å². The summed E-state index contributed by atoms with van der Waals surface area (Å²) in [5.41, 5.74) is 1.94. The van der Waals surface area contributed by atoms with E-state index < -0.39 is 21.6 Å². The van der Waals surface area contributed by atoms with E-state index in [0.717, 1.165) is 5.69 Å². The van der Waals surface area contributed by atoms with E-state index in [4.69, 9.17) is 32.7 Å². The summed E-state index contributed by atoms with van der Waals surface area (Å²) in [6, 6.07) is 16.2. The number of nitrogens with zero attached hydrogens (tertiary/aromatic N) is 5. The van der Waals surface area contributed by atoms with Gasteiger partial charge in [-0.2, -0.15) is 0 Å². The number of methoxy groups -OCH3 is 1. The molecule has 39 heavy (non-hydrogen) atoms. The molecule has 1 aromatic heterocycles. The quantitative estimate of drug-likeness (QED) is 0.109. The van der Waals surface area contributed by atoms with Crippen LogP contribution < -0.4 is 9.47 Å². The monoisotopic (exact) mass is 589 g/mol. The third kappa shape index (κ3) is 6.77. The lowest BCUT2D eigenvalue weighted by Crippen LogP contribution is -2.12. The van der Waals surface area contributed by atoms with Crippen molar-refractivity contribution in [1.82, 2.24) is 14.8 Å². The van der Waals surface area contributed by atoms with Crippen molar-refractivity contribution in [2.45, 2.75) is 23.9 Å². The third-order valence-corrected chi connectivity index (χ3v) is 7.31. The lowest BCUT2D eigenvalue weighted by atomic mass is 10.1. The maximum atomic E-state index is 11.6. The van der Waals surface area contributed by atoms with Gasteiger partial charge in [0.25, 0.3) is 5.69 Å². The Morgan fingerprint density at radius 3 is 2.33 bits per heavy atom. The molecule has 0 spiro atoms. The molecule has 1 atom stereocenters. The summed E-state index contributed by atoms with van der Waals surface area (Å²) < 4.78 is 13.1. The van der Waals surface area contributed by atoms with Gasteiger partial charge in [0.1, 0.15) is 17.7 Å². The molecule has 0 saturated carbocycles. The van der Waals surface area contributed by atoms with E-state index in [1.165, 1.54) is 31.0 Å². The van der Waals surface area contributed by atoms with Crippen LogP contribution in [0.1, 0.15) is 22.2 Å². The van der Waals surface area contributed by atoms with Crippen LogP contribution in [-0.2, 0) is 6.61 Å². The molecule has 0 fully saturated rings. The molecule has 3 aromatic carbocycles. The molecule has 0 bridgehead atoms. The van der Waals surface area contributed by atoms with Crippen LogP contribution in [0.3, 0.4) is 0 Å². The Morgan fingerprint density at radius 1 is 1.03 bits per heavy atom. The molecule has 1 heterocycles. The minimum atomic E-state index is -0.690. The minimum Gasteiger partial charge on any atom is -0.493 e. The highest BCUT2D eigenvalue weighted by Crippen LogP contribution is 2.43. The van der Waals surface area contributed by atoms with Crippen LogP contribution in [0.25, 0.3) is 5.69 Å². The maximum Gasteiger partial charge on any atom is 0.269 e. The molecule has 0 N–H and O–H groups in total. The predicted octanol–water partition coefficient (Wildman–Crippen LogP) is 6.49. The number of ether oxygens (including phenoxy) is 2. The van der Waals surface area contributed by atoms with Gasteiger partial charge in [0.05, 0.1) is 17.1 Å². The summed E-state index contributed by atoms with van der Waals surface area (Å²) in [4.78, 5) is 21.6. The molecule has 4 aromatic rings. The highest BCUT2D eigenvalue weighted by Gasteiger charge is 2.26. The largest absolute Gasteiger partial charge is 0.493 e. The van der Waals surface area contributed by atoms with Crippen LogP contribution in [0.5, 0.6) is 11.5 Å². The van der Waals surface area contributed by atoms with Gasteiger partial charge < -0.3 is 9.47 Å². The first-order chi connectivity index (χ1) is 18.7. The van der Waals surface area contributed by atoms with E-state index in [1.54, 1.807) is 47.9 Å². The molecule has 0 saturated heterocycles. The average molecular weight is 590 g/mol. The number of benzene rings is 3. The maximum absolute atomic E-state index is 11.6. The Hall–Kier alpha value is -3.87. The molecule has 0 aliphatic carbocycles. The molecule has 11 nitrogen and oxygen atoms in total. The summed E-state index contributed by atoms with van der Waals surface area (Å²) in [6.07, 6.45) is 0. The van der Waals surface area contributed by atoms with Gasteiger partial charge in [-0.1, -0.05) is 35.0 Å². The van der Waals surface area contributed by atoms with Crippen molar-refractivity contribution in [3.05, 3.63) is 108 Å². The standard InChI is InChI=1S/C25H21Cl2N5O6S/c1-15-28-29-25(31(15)19-9-5-18(26)6-10-19)39-23(13-30(33)34)17-11-21(27)24(22(12-17)37-2)38-14-16-3-7-20(8-4-16)32(35)36/h3-12,23H,13-14H2,1-2H3/t23-/m0/s1. The molecule has 0 amide bonds. The van der Waals surface area contributed by atoms with Crippen molar-refractivity contribution >= 4 is 40.7 Å². The Balaban J connectivity index is 1.62. The number of nitro groups is 2. The van der Waals surface area contributed by atoms with Crippen LogP contribution in [0, 0.1) is 27.2 Å². The van der Waals surface area contributed by atoms with Gasteiger partial charge in [0, 0.05) is 27.8 Å². The lowest BCUT2D eigenvalue weighted by Gasteiger charge is -2.18. The molecular formula is C25H21Cl2N5O6S. The van der Waals surface area contributed by atoms with Gasteiger partial charge in [0.2, 0.25) is 6.54 Å². The number of hydrogen-bond donors (Lipinski definition) is 0. The predicted molar refractivity (Wildman–Crippen MR) is 147 cm³/mol. The fraction of sp³-hybridized carbons (Fsp3) is 0.200. The zero-order chi connectivity index (χ0) is 28.1. The molecule has 202 valence electrons. The number of halogens is 2. The Kier molecular flexibility index (Phi) is 8.90. The van der Waals surface area contributed by atoms with Crippen LogP contribution in [-0.4, -0.2) is 38.3 Å². The van der Waals surface area contributed by atoms with Crippen molar-refractivity contribution in [2.75, 3.05) is 13.7 Å². The second-order valence-electron chi connectivity index (χ2n) is 8.21. The van der Waals surface area contributed by atoms with E-state index in [9.17, 15) is 20.2 Å². The Bertz CT molecular complexity index is 1500. The highest BCUT2D eigenvalue weighted by atomic mass is 35.5. The van der Waals surface area contributed by atoms with Crippen molar-refractivity contribution in [2.24, 2.45) is 0 Å². The normalized spacial score (nSPS) is 11.7. The smallest absolute Gasteiger partial charge is 0.269 e. The Labute approximate surface area is 237 Å². The van der Waals surface area contributed by atoms with Gasteiger partial charge in [0.15, 0.2) is 16.7 Å². The number of non-ortho nitro benzene ring substituents is 1. The SMILES string of the molecule is COc1cc([C@H](C[N+](=O)[O-])Sc2nnc(C)n2-c2ccc(Cl)cc2)cc(Cl)c1OCc1ccc([N+](=O)[O-])cc1. The summed E-state index contributed by atoms with van der Waals surface area (Å²) in [7, 11) is 1.43. The fourth-order valence-electron chi connectivity index (χ4n) is 3.72. The van der Waals surface area contributed by atoms with E-state index in [1.807, 2.05) is 12.1 Å². The first-order valence-electron chi connectivity index (χ1n) is 11.4. The second-order valence-corrected chi connectivity index (χ2v) is 10.2. The molecule has 0 aliphatic heterocycles. The van der Waals surface area contributed by atoms with Gasteiger partial charge in [-0.3, -0.25) is 24.8 Å². The first kappa shape index (κ1) is 28.1. The van der Waals surface area contributed by atoms with Crippen LogP contribution in [0.4, 0.5) is 5.69 Å². The van der Waals surface area contributed by atoms with Gasteiger partial charge in [-0.05, 0) is 66.6 Å². The van der Waals surface area contributed by atoms with Gasteiger partial charge in [-0.15, -0.1) is 10.2 Å². The van der Waals surface area contributed by atoms with Gasteiger partial charge >= 0.3 is 0 Å². The zero-order valence-corrected chi connectivity index (χ0v) is 22.9. The van der Waals surface area contributed by atoms with E-state index in [-0.39, 0.29) is 28.8 Å². The average Bonchev–Trinajstić information content (AvgIpc) is 3.27. The zero-order valence-electron chi connectivity index (χ0n) is 20.6. The summed E-state index contributed by atoms with van der Waals surface area (Å²) >= 11 is 13.8. The fourth-order valence-corrected chi connectivity index (χ4v) is 5.27. The molecule has 0 aliphatic rings. The third-order valence-electron chi connectivity index (χ3n) is 5.60. The Morgan fingerprint density at radius 2 is 1.72 bits per heavy atom. The molecule has 0 unspecified atom stereocenters.